The van der Waals surface area contributed by atoms with E-state index in [4.69, 9.17) is 16.3 Å². The highest BCUT2D eigenvalue weighted by atomic mass is 35.5. The number of aryl methyl sites for hydroxylation is 1. The van der Waals surface area contributed by atoms with E-state index in [2.05, 4.69) is 20.3 Å². The monoisotopic (exact) mass is 465 g/mol. The number of hydrogen-bond acceptors (Lipinski definition) is 6. The molecule has 1 N–H and O–H groups in total. The molecule has 3 aromatic rings. The third-order valence-electron chi connectivity index (χ3n) is 5.36. The lowest BCUT2D eigenvalue weighted by molar-refractivity contribution is -0.140. The molecular formula is C21H19ClF3N5O2. The molecule has 0 radical (unpaired) electrons. The Kier molecular flexibility index (Phi) is 5.81. The molecule has 0 bridgehead atoms. The Morgan fingerprint density at radius 3 is 2.84 bits per heavy atom. The Morgan fingerprint density at radius 1 is 1.34 bits per heavy atom. The first-order valence-electron chi connectivity index (χ1n) is 9.80. The lowest BCUT2D eigenvalue weighted by atomic mass is 9.99. The number of rotatable bonds is 4. The molecule has 0 amide bonds. The molecule has 168 valence electrons. The van der Waals surface area contributed by atoms with E-state index in [1.54, 1.807) is 16.7 Å². The van der Waals surface area contributed by atoms with Crippen molar-refractivity contribution >= 4 is 23.4 Å². The van der Waals surface area contributed by atoms with Gasteiger partial charge in [-0.1, -0.05) is 18.2 Å². The second-order valence-corrected chi connectivity index (χ2v) is 7.82. The number of carbonyl (C=O) groups is 1. The number of alkyl halides is 3. The van der Waals surface area contributed by atoms with Crippen LogP contribution in [0.5, 0.6) is 0 Å². The van der Waals surface area contributed by atoms with Gasteiger partial charge >= 0.3 is 12.1 Å². The van der Waals surface area contributed by atoms with Crippen LogP contribution in [0, 0.1) is 0 Å². The number of methoxy groups -OCH3 is 1. The number of nitrogens with zero attached hydrogens (tertiary/aromatic N) is 4. The predicted octanol–water partition coefficient (Wildman–Crippen LogP) is 4.92. The largest absolute Gasteiger partial charge is 0.465 e. The van der Waals surface area contributed by atoms with Crippen LogP contribution >= 0.6 is 11.6 Å². The van der Waals surface area contributed by atoms with Crippen LogP contribution in [0.3, 0.4) is 0 Å². The van der Waals surface area contributed by atoms with Gasteiger partial charge in [-0.05, 0) is 42.5 Å². The van der Waals surface area contributed by atoms with Crippen molar-refractivity contribution in [3.8, 4) is 11.4 Å². The van der Waals surface area contributed by atoms with Crippen molar-refractivity contribution in [3.63, 3.8) is 0 Å². The van der Waals surface area contributed by atoms with Crippen LogP contribution in [-0.4, -0.2) is 32.6 Å². The zero-order valence-electron chi connectivity index (χ0n) is 17.2. The number of esters is 1. The van der Waals surface area contributed by atoms with Crippen molar-refractivity contribution in [2.24, 2.45) is 0 Å². The number of anilines is 1. The van der Waals surface area contributed by atoms with Gasteiger partial charge < -0.3 is 14.6 Å². The van der Waals surface area contributed by atoms with E-state index >= 15 is 0 Å². The third kappa shape index (κ3) is 4.27. The molecule has 1 aliphatic rings. The van der Waals surface area contributed by atoms with Crippen LogP contribution < -0.4 is 5.32 Å². The third-order valence-corrected chi connectivity index (χ3v) is 5.55. The molecule has 0 fully saturated rings. The quantitative estimate of drug-likeness (QED) is 0.435. The van der Waals surface area contributed by atoms with E-state index in [0.717, 1.165) is 17.3 Å². The molecule has 11 heteroatoms. The minimum Gasteiger partial charge on any atom is -0.465 e. The summed E-state index contributed by atoms with van der Waals surface area (Å²) in [5.41, 5.74) is 1.69. The maximum atomic E-state index is 13.2. The van der Waals surface area contributed by atoms with Gasteiger partial charge in [0, 0.05) is 30.5 Å². The topological polar surface area (TPSA) is 81.9 Å². The highest BCUT2D eigenvalue weighted by Crippen LogP contribution is 2.37. The number of carbonyl (C=O) groups excluding carboxylic acids is 1. The first-order valence-corrected chi connectivity index (χ1v) is 10.2. The van der Waals surface area contributed by atoms with E-state index in [-0.39, 0.29) is 22.7 Å². The number of halogens is 4. The molecule has 1 atom stereocenters. The van der Waals surface area contributed by atoms with Gasteiger partial charge in [0.1, 0.15) is 17.2 Å². The minimum absolute atomic E-state index is 0.0247. The van der Waals surface area contributed by atoms with E-state index < -0.39 is 17.8 Å². The highest BCUT2D eigenvalue weighted by Gasteiger charge is 2.36. The van der Waals surface area contributed by atoms with E-state index in [9.17, 15) is 18.0 Å². The van der Waals surface area contributed by atoms with Crippen molar-refractivity contribution in [3.05, 3.63) is 58.3 Å². The highest BCUT2D eigenvalue weighted by molar-refractivity contribution is 6.28. The van der Waals surface area contributed by atoms with Gasteiger partial charge in [-0.25, -0.2) is 14.8 Å². The van der Waals surface area contributed by atoms with Gasteiger partial charge in [-0.2, -0.15) is 18.2 Å². The van der Waals surface area contributed by atoms with Crippen molar-refractivity contribution in [2.45, 2.75) is 38.5 Å². The summed E-state index contributed by atoms with van der Waals surface area (Å²) in [6.07, 6.45) is -0.767. The van der Waals surface area contributed by atoms with Crippen LogP contribution in [0.25, 0.3) is 11.4 Å². The lowest BCUT2D eigenvalue weighted by Gasteiger charge is -2.12. The Morgan fingerprint density at radius 2 is 2.12 bits per heavy atom. The van der Waals surface area contributed by atoms with Crippen molar-refractivity contribution in [1.82, 2.24) is 19.5 Å². The summed E-state index contributed by atoms with van der Waals surface area (Å²) >= 11 is 5.85. The average Bonchev–Trinajstić information content (AvgIpc) is 3.17. The van der Waals surface area contributed by atoms with Crippen molar-refractivity contribution < 1.29 is 22.7 Å². The molecule has 1 unspecified atom stereocenters. The first kappa shape index (κ1) is 22.1. The number of nitrogens with one attached hydrogen (secondary N) is 1. The van der Waals surface area contributed by atoms with Gasteiger partial charge in [-0.15, -0.1) is 0 Å². The summed E-state index contributed by atoms with van der Waals surface area (Å²) in [6.45, 7) is 2.19. The maximum Gasteiger partial charge on any atom is 0.434 e. The smallest absolute Gasteiger partial charge is 0.434 e. The Bertz CT molecular complexity index is 1180. The Balaban J connectivity index is 1.63. The van der Waals surface area contributed by atoms with Gasteiger partial charge in [0.2, 0.25) is 5.28 Å². The second kappa shape index (κ2) is 8.42. The zero-order chi connectivity index (χ0) is 23.0. The van der Waals surface area contributed by atoms with E-state index in [1.807, 2.05) is 13.0 Å². The maximum absolute atomic E-state index is 13.2. The van der Waals surface area contributed by atoms with Crippen LogP contribution in [-0.2, 0) is 23.9 Å². The molecule has 0 aliphatic carbocycles. The summed E-state index contributed by atoms with van der Waals surface area (Å²) < 4.78 is 46.0. The molecule has 32 heavy (non-hydrogen) atoms. The van der Waals surface area contributed by atoms with Crippen LogP contribution in [0.15, 0.2) is 30.6 Å². The zero-order valence-corrected chi connectivity index (χ0v) is 18.0. The van der Waals surface area contributed by atoms with Crippen molar-refractivity contribution in [1.29, 1.82) is 0 Å². The van der Waals surface area contributed by atoms with Crippen LogP contribution in [0.2, 0.25) is 5.28 Å². The number of hydrogen-bond donors (Lipinski definition) is 1. The fourth-order valence-electron chi connectivity index (χ4n) is 3.69. The van der Waals surface area contributed by atoms with Gasteiger partial charge in [0.15, 0.2) is 5.69 Å². The SMILES string of the molecule is COC(=O)c1cnc(Cl)nc1NCc1ccc2c(c1)CCC(C)n1cc(C(F)(F)F)nc1-2. The summed E-state index contributed by atoms with van der Waals surface area (Å²) in [6, 6.07) is 5.38. The predicted molar refractivity (Wildman–Crippen MR) is 111 cm³/mol. The fourth-order valence-corrected chi connectivity index (χ4v) is 3.82. The Hall–Kier alpha value is -3.14. The standard InChI is InChI=1S/C21H19ClF3N5O2/c1-11-3-5-13-7-12(8-26-17-15(19(31)32-2)9-27-20(22)29-17)4-6-14(13)18-28-16(10-30(11)18)21(23,24)25/h4,6-7,9-11H,3,5,8H2,1-2H3,(H,26,27,29). The second-order valence-electron chi connectivity index (χ2n) is 7.48. The van der Waals surface area contributed by atoms with Gasteiger partial charge in [0.05, 0.1) is 7.11 Å². The van der Waals surface area contributed by atoms with E-state index in [0.29, 0.717) is 30.8 Å². The summed E-state index contributed by atoms with van der Waals surface area (Å²) in [5, 5.41) is 3.03. The number of aromatic nitrogens is 4. The van der Waals surface area contributed by atoms with Crippen LogP contribution in [0.1, 0.15) is 46.6 Å². The molecule has 2 aromatic heterocycles. The van der Waals surface area contributed by atoms with Gasteiger partial charge in [0.25, 0.3) is 0 Å². The lowest BCUT2D eigenvalue weighted by Crippen LogP contribution is -2.11. The summed E-state index contributed by atoms with van der Waals surface area (Å²) in [4.78, 5) is 23.7. The average molecular weight is 466 g/mol. The molecular weight excluding hydrogens is 447 g/mol. The molecule has 7 nitrogen and oxygen atoms in total. The molecule has 0 spiro atoms. The first-order chi connectivity index (χ1) is 15.2. The molecule has 1 aromatic carbocycles. The van der Waals surface area contributed by atoms with E-state index in [1.165, 1.54) is 13.3 Å². The number of imidazole rings is 1. The molecule has 4 rings (SSSR count). The number of benzene rings is 1. The molecule has 0 saturated carbocycles. The number of ether oxygens (including phenoxy) is 1. The number of fused-ring (bicyclic) bond motifs is 3. The van der Waals surface area contributed by atoms with Gasteiger partial charge in [-0.3, -0.25) is 0 Å². The Labute approximate surface area is 186 Å². The van der Waals surface area contributed by atoms with Crippen molar-refractivity contribution in [2.75, 3.05) is 12.4 Å². The molecule has 1 aliphatic heterocycles. The summed E-state index contributed by atoms with van der Waals surface area (Å²) in [5.74, 6) is -0.0643. The normalized spacial score (nSPS) is 15.5. The molecule has 3 heterocycles. The minimum atomic E-state index is -4.50. The van der Waals surface area contributed by atoms with Crippen LogP contribution in [0.4, 0.5) is 19.0 Å². The molecule has 0 saturated heterocycles. The fraction of sp³-hybridized carbons (Fsp3) is 0.333. The summed E-state index contributed by atoms with van der Waals surface area (Å²) in [7, 11) is 1.25.